The van der Waals surface area contributed by atoms with E-state index in [2.05, 4.69) is 5.32 Å². The van der Waals surface area contributed by atoms with Crippen molar-refractivity contribution >= 4 is 5.78 Å². The second kappa shape index (κ2) is 20.7. The molecule has 0 saturated carbocycles. The summed E-state index contributed by atoms with van der Waals surface area (Å²) in [5.74, 6) is 0.660. The Morgan fingerprint density at radius 2 is 1.40 bits per heavy atom. The zero-order valence-corrected chi connectivity index (χ0v) is 14.9. The first-order valence-corrected chi connectivity index (χ1v) is 5.44. The summed E-state index contributed by atoms with van der Waals surface area (Å²) in [7, 11) is 0. The Labute approximate surface area is 139 Å². The van der Waals surface area contributed by atoms with Gasteiger partial charge in [-0.3, -0.25) is 4.79 Å². The summed E-state index contributed by atoms with van der Waals surface area (Å²) >= 11 is 0. The average molecular weight is 240 g/mol. The first-order chi connectivity index (χ1) is 6.30. The molecule has 0 radical (unpaired) electrons. The molecule has 0 N–H and O–H groups in total. The molecule has 0 aromatic heterocycles. The van der Waals surface area contributed by atoms with E-state index >= 15 is 0 Å². The first kappa shape index (κ1) is 25.2. The molecule has 0 unspecified atom stereocenters. The maximum atomic E-state index is 10.8. The first-order valence-electron chi connectivity index (χ1n) is 5.44. The van der Waals surface area contributed by atoms with Gasteiger partial charge < -0.3 is 12.7 Å². The van der Waals surface area contributed by atoms with Gasteiger partial charge in [0.1, 0.15) is 5.78 Å². The van der Waals surface area contributed by atoms with Gasteiger partial charge in [-0.2, -0.15) is 0 Å². The van der Waals surface area contributed by atoms with Crippen LogP contribution in [0.4, 0.5) is 0 Å². The van der Waals surface area contributed by atoms with E-state index in [1.165, 1.54) is 0 Å². The summed E-state index contributed by atoms with van der Waals surface area (Å²) < 4.78 is 0. The van der Waals surface area contributed by atoms with Gasteiger partial charge in [-0.05, 0) is 6.92 Å². The minimum absolute atomic E-state index is 0. The number of hydrogen-bond acceptors (Lipinski definition) is 1. The molecular formula is C12H27KNO-. The van der Waals surface area contributed by atoms with E-state index in [1.54, 1.807) is 6.92 Å². The molecule has 0 aliphatic carbocycles. The Balaban J connectivity index is -0.0000000910. The molecule has 3 heteroatoms. The molecule has 0 aromatic carbocycles. The maximum Gasteiger partial charge on any atom is 1.00 e. The fourth-order valence-corrected chi connectivity index (χ4v) is 1.16. The maximum absolute atomic E-state index is 10.8. The van der Waals surface area contributed by atoms with Crippen molar-refractivity contribution in [3.63, 3.8) is 0 Å². The second-order valence-corrected chi connectivity index (χ2v) is 2.56. The molecule has 88 valence electrons. The molecule has 0 atom stereocenters. The molecule has 15 heavy (non-hydrogen) atoms. The number of rotatable bonds is 1. The third kappa shape index (κ3) is 15.3. The van der Waals surface area contributed by atoms with Crippen molar-refractivity contribution < 1.29 is 56.2 Å². The molecule has 1 saturated heterocycles. The average Bonchev–Trinajstić information content (AvgIpc) is 2.25. The summed E-state index contributed by atoms with van der Waals surface area (Å²) in [5, 5.41) is 4.16. The summed E-state index contributed by atoms with van der Waals surface area (Å²) in [5.41, 5.74) is 0. The SMILES string of the molecule is CC.CC.CC(=O)C1CC[N-]CC1.[CH3-].[K+]. The van der Waals surface area contributed by atoms with E-state index in [1.807, 2.05) is 27.7 Å². The molecule has 0 spiro atoms. The molecule has 1 rings (SSSR count). The van der Waals surface area contributed by atoms with Gasteiger partial charge in [-0.1, -0.05) is 40.5 Å². The molecule has 0 amide bonds. The van der Waals surface area contributed by atoms with E-state index < -0.39 is 0 Å². The van der Waals surface area contributed by atoms with Crippen LogP contribution >= 0.6 is 0 Å². The van der Waals surface area contributed by atoms with Crippen LogP contribution in [0.2, 0.25) is 0 Å². The summed E-state index contributed by atoms with van der Waals surface area (Å²) in [6, 6.07) is 0. The summed E-state index contributed by atoms with van der Waals surface area (Å²) in [4.78, 5) is 10.8. The zero-order valence-electron chi connectivity index (χ0n) is 11.8. The van der Waals surface area contributed by atoms with Crippen LogP contribution in [0.25, 0.3) is 5.32 Å². The van der Waals surface area contributed by atoms with Gasteiger partial charge in [0.25, 0.3) is 0 Å². The van der Waals surface area contributed by atoms with Crippen LogP contribution in [0.5, 0.6) is 0 Å². The van der Waals surface area contributed by atoms with E-state index in [-0.39, 0.29) is 58.8 Å². The second-order valence-electron chi connectivity index (χ2n) is 2.56. The third-order valence-corrected chi connectivity index (χ3v) is 1.85. The minimum atomic E-state index is 0. The molecule has 0 aromatic rings. The Morgan fingerprint density at radius 1 is 1.07 bits per heavy atom. The topological polar surface area (TPSA) is 31.2 Å². The van der Waals surface area contributed by atoms with Crippen molar-refractivity contribution in [2.45, 2.75) is 47.5 Å². The van der Waals surface area contributed by atoms with Gasteiger partial charge in [0.05, 0.1) is 0 Å². The van der Waals surface area contributed by atoms with Gasteiger partial charge in [0, 0.05) is 5.92 Å². The standard InChI is InChI=1S/C7H12NO.2C2H6.CH3.K/c1-6(9)7-2-4-8-5-3-7;2*1-2;;/h7H,2-5H2,1H3;2*1-2H3;1H3;/q-1;;;-1;+1. The minimum Gasteiger partial charge on any atom is -0.662 e. The fraction of sp³-hybridized carbons (Fsp3) is 0.833. The van der Waals surface area contributed by atoms with Crippen molar-refractivity contribution in [1.82, 2.24) is 0 Å². The quantitative estimate of drug-likeness (QED) is 0.494. The fourth-order valence-electron chi connectivity index (χ4n) is 1.16. The number of carbonyl (C=O) groups is 1. The largest absolute Gasteiger partial charge is 1.00 e. The number of ketones is 1. The molecular weight excluding hydrogens is 213 g/mol. The monoisotopic (exact) mass is 240 g/mol. The molecule has 1 heterocycles. The van der Waals surface area contributed by atoms with Crippen molar-refractivity contribution in [2.24, 2.45) is 5.92 Å². The van der Waals surface area contributed by atoms with Crippen molar-refractivity contribution in [2.75, 3.05) is 13.1 Å². The number of Topliss-reactive ketones (excluding diaryl/α,β-unsaturated/α-hetero) is 1. The Bertz CT molecular complexity index is 112. The van der Waals surface area contributed by atoms with Crippen LogP contribution in [-0.2, 0) is 4.79 Å². The van der Waals surface area contributed by atoms with Crippen molar-refractivity contribution in [3.8, 4) is 0 Å². The van der Waals surface area contributed by atoms with Crippen LogP contribution < -0.4 is 51.4 Å². The predicted octanol–water partition coefficient (Wildman–Crippen LogP) is 0.866. The van der Waals surface area contributed by atoms with E-state index in [0.717, 1.165) is 25.9 Å². The van der Waals surface area contributed by atoms with Crippen LogP contribution in [0.1, 0.15) is 47.5 Å². The van der Waals surface area contributed by atoms with Crippen LogP contribution in [0.15, 0.2) is 0 Å². The normalized spacial score (nSPS) is 13.9. The Hall–Kier alpha value is 1.27. The summed E-state index contributed by atoms with van der Waals surface area (Å²) in [6.07, 6.45) is 1.96. The molecule has 0 bridgehead atoms. The van der Waals surface area contributed by atoms with Gasteiger partial charge in [0.2, 0.25) is 0 Å². The van der Waals surface area contributed by atoms with Gasteiger partial charge in [0.15, 0.2) is 0 Å². The summed E-state index contributed by atoms with van der Waals surface area (Å²) in [6.45, 7) is 11.5. The van der Waals surface area contributed by atoms with Gasteiger partial charge in [-0.25, -0.2) is 0 Å². The zero-order chi connectivity index (χ0) is 10.7. The molecule has 1 aliphatic rings. The van der Waals surface area contributed by atoms with Gasteiger partial charge in [-0.15, -0.1) is 13.1 Å². The van der Waals surface area contributed by atoms with Crippen molar-refractivity contribution in [3.05, 3.63) is 12.7 Å². The predicted molar refractivity (Wildman–Crippen MR) is 65.6 cm³/mol. The molecule has 1 aliphatic heterocycles. The Kier molecular flexibility index (Phi) is 34.7. The number of hydrogen-bond donors (Lipinski definition) is 0. The number of nitrogens with zero attached hydrogens (tertiary/aromatic N) is 1. The number of piperidine rings is 1. The van der Waals surface area contributed by atoms with E-state index in [0.29, 0.717) is 11.7 Å². The van der Waals surface area contributed by atoms with E-state index in [4.69, 9.17) is 0 Å². The third-order valence-electron chi connectivity index (χ3n) is 1.85. The Morgan fingerprint density at radius 3 is 1.60 bits per heavy atom. The van der Waals surface area contributed by atoms with Crippen LogP contribution in [0, 0.1) is 13.3 Å². The molecule has 2 nitrogen and oxygen atoms in total. The number of carbonyl (C=O) groups excluding carboxylic acids is 1. The molecule has 1 fully saturated rings. The van der Waals surface area contributed by atoms with Crippen molar-refractivity contribution in [1.29, 1.82) is 0 Å². The smallest absolute Gasteiger partial charge is 0.662 e. The van der Waals surface area contributed by atoms with Gasteiger partial charge >= 0.3 is 51.4 Å². The van der Waals surface area contributed by atoms with Crippen LogP contribution in [-0.4, -0.2) is 18.9 Å². The van der Waals surface area contributed by atoms with Crippen LogP contribution in [0.3, 0.4) is 0 Å². The van der Waals surface area contributed by atoms with E-state index in [9.17, 15) is 4.79 Å².